The molecule has 0 radical (unpaired) electrons. The van der Waals surface area contributed by atoms with Crippen molar-refractivity contribution in [2.75, 3.05) is 10.6 Å². The number of anilines is 3. The number of hydrogen-bond donors (Lipinski definition) is 3. The molecule has 0 spiro atoms. The number of carbonyl (C=O) groups is 1. The summed E-state index contributed by atoms with van der Waals surface area (Å²) in [7, 11) is 0. The van der Waals surface area contributed by atoms with Crippen LogP contribution in [-0.4, -0.2) is 32.9 Å². The molecule has 7 nitrogen and oxygen atoms in total. The average molecular weight is 459 g/mol. The van der Waals surface area contributed by atoms with Gasteiger partial charge in [0.25, 0.3) is 5.91 Å². The van der Waals surface area contributed by atoms with Crippen molar-refractivity contribution in [1.82, 2.24) is 20.3 Å². The monoisotopic (exact) mass is 458 g/mol. The number of nitrogens with one attached hydrogen (secondary N) is 3. The van der Waals surface area contributed by atoms with E-state index in [9.17, 15) is 4.79 Å². The van der Waals surface area contributed by atoms with E-state index in [1.165, 1.54) is 19.3 Å². The Hall–Kier alpha value is -3.22. The molecule has 178 valence electrons. The third-order valence-corrected chi connectivity index (χ3v) is 7.39. The Morgan fingerprint density at radius 3 is 2.59 bits per heavy atom. The molecule has 3 heterocycles. The molecule has 3 N–H and O–H groups in total. The molecule has 3 aromatic heterocycles. The summed E-state index contributed by atoms with van der Waals surface area (Å²) in [4.78, 5) is 26.5. The first-order chi connectivity index (χ1) is 16.6. The van der Waals surface area contributed by atoms with Crippen molar-refractivity contribution in [3.63, 3.8) is 0 Å². The first-order valence-electron chi connectivity index (χ1n) is 12.6. The minimum absolute atomic E-state index is 0.0366. The molecule has 2 aliphatic rings. The number of fused-ring (bicyclic) bond motifs is 1. The maximum absolute atomic E-state index is 13.2. The minimum Gasteiger partial charge on any atom is -0.382 e. The normalized spacial score (nSPS) is 21.1. The number of nitrogens with zero attached hydrogens (tertiary/aromatic N) is 3. The van der Waals surface area contributed by atoms with Gasteiger partial charge in [-0.25, -0.2) is 9.97 Å². The molecule has 0 aliphatic heterocycles. The van der Waals surface area contributed by atoms with Gasteiger partial charge in [0.2, 0.25) is 0 Å². The van der Waals surface area contributed by atoms with Crippen LogP contribution in [0.1, 0.15) is 69.2 Å². The second kappa shape index (κ2) is 9.95. The molecule has 2 aliphatic carbocycles. The van der Waals surface area contributed by atoms with Crippen LogP contribution < -0.4 is 16.0 Å². The van der Waals surface area contributed by atoms with Crippen molar-refractivity contribution in [3.8, 4) is 0 Å². The van der Waals surface area contributed by atoms with Crippen LogP contribution in [0.2, 0.25) is 0 Å². The molecule has 2 fully saturated rings. The fourth-order valence-corrected chi connectivity index (χ4v) is 4.87. The lowest BCUT2D eigenvalue weighted by Crippen LogP contribution is -2.38. The van der Waals surface area contributed by atoms with Gasteiger partial charge in [0.05, 0.1) is 16.8 Å². The van der Waals surface area contributed by atoms with Crippen LogP contribution in [0.4, 0.5) is 17.3 Å². The molecule has 3 aromatic rings. The molecule has 5 rings (SSSR count). The second-order valence-corrected chi connectivity index (χ2v) is 9.89. The Morgan fingerprint density at radius 1 is 1.03 bits per heavy atom. The van der Waals surface area contributed by atoms with Gasteiger partial charge in [0, 0.05) is 42.1 Å². The Labute approximate surface area is 201 Å². The number of aromatic nitrogens is 3. The quantitative estimate of drug-likeness (QED) is 0.402. The highest BCUT2D eigenvalue weighted by Crippen LogP contribution is 2.33. The van der Waals surface area contributed by atoms with E-state index < -0.39 is 0 Å². The third kappa shape index (κ3) is 5.29. The highest BCUT2D eigenvalue weighted by molar-refractivity contribution is 6.00. The SMILES string of the molecule is CCC(C)[C@H]1CC[C@H](NC(=O)c2cnc(Nc3ccc4cnccc4n3)cc2NC2CC2)CC1. The van der Waals surface area contributed by atoms with Crippen molar-refractivity contribution >= 4 is 34.1 Å². The topological polar surface area (TPSA) is 91.8 Å². The summed E-state index contributed by atoms with van der Waals surface area (Å²) in [6, 6.07) is 8.38. The van der Waals surface area contributed by atoms with Crippen molar-refractivity contribution in [1.29, 1.82) is 0 Å². The van der Waals surface area contributed by atoms with Gasteiger partial charge in [-0.05, 0) is 68.6 Å². The lowest BCUT2D eigenvalue weighted by atomic mass is 9.78. The molecular formula is C27H34N6O. The van der Waals surface area contributed by atoms with E-state index in [2.05, 4.69) is 44.7 Å². The lowest BCUT2D eigenvalue weighted by molar-refractivity contribution is 0.0917. The van der Waals surface area contributed by atoms with Crippen molar-refractivity contribution in [2.45, 2.75) is 70.9 Å². The molecule has 1 unspecified atom stereocenters. The Bertz CT molecular complexity index is 1150. The van der Waals surface area contributed by atoms with Crippen molar-refractivity contribution < 1.29 is 4.79 Å². The second-order valence-electron chi connectivity index (χ2n) is 9.89. The van der Waals surface area contributed by atoms with Crippen LogP contribution in [0.3, 0.4) is 0 Å². The molecule has 0 saturated heterocycles. The summed E-state index contributed by atoms with van der Waals surface area (Å²) in [5, 5.41) is 11.1. The van der Waals surface area contributed by atoms with Crippen LogP contribution in [0, 0.1) is 11.8 Å². The van der Waals surface area contributed by atoms with E-state index >= 15 is 0 Å². The van der Waals surface area contributed by atoms with Crippen LogP contribution >= 0.6 is 0 Å². The largest absolute Gasteiger partial charge is 0.382 e. The van der Waals surface area contributed by atoms with E-state index in [0.717, 1.165) is 54.1 Å². The van der Waals surface area contributed by atoms with Gasteiger partial charge < -0.3 is 16.0 Å². The van der Waals surface area contributed by atoms with Gasteiger partial charge in [-0.15, -0.1) is 0 Å². The summed E-state index contributed by atoms with van der Waals surface area (Å²) < 4.78 is 0. The molecule has 1 amide bonds. The van der Waals surface area contributed by atoms with Crippen molar-refractivity contribution in [2.24, 2.45) is 11.8 Å². The van der Waals surface area contributed by atoms with E-state index in [1.54, 1.807) is 18.6 Å². The highest BCUT2D eigenvalue weighted by atomic mass is 16.1. The van der Waals surface area contributed by atoms with Crippen LogP contribution in [0.5, 0.6) is 0 Å². The number of pyridine rings is 3. The van der Waals surface area contributed by atoms with Gasteiger partial charge >= 0.3 is 0 Å². The zero-order valence-electron chi connectivity index (χ0n) is 20.1. The van der Waals surface area contributed by atoms with Crippen molar-refractivity contribution in [3.05, 3.63) is 48.4 Å². The lowest BCUT2D eigenvalue weighted by Gasteiger charge is -2.32. The van der Waals surface area contributed by atoms with Gasteiger partial charge in [-0.1, -0.05) is 20.3 Å². The van der Waals surface area contributed by atoms with E-state index in [4.69, 9.17) is 0 Å². The van der Waals surface area contributed by atoms with E-state index in [0.29, 0.717) is 23.2 Å². The minimum atomic E-state index is -0.0366. The maximum atomic E-state index is 13.2. The summed E-state index contributed by atoms with van der Waals surface area (Å²) in [6.45, 7) is 4.62. The standard InChI is InChI=1S/C27H34N6O/c1-3-17(2)18-4-7-21(8-5-18)31-27(34)22-16-29-26(14-24(22)30-20-9-10-20)33-25-11-6-19-15-28-13-12-23(19)32-25/h6,11-18,20-21H,3-5,7-10H2,1-2H3,(H,31,34)(H2,29,30,32,33)/t17?,18-,21-. The molecule has 0 aromatic carbocycles. The number of carbonyl (C=O) groups excluding carboxylic acids is 1. The maximum Gasteiger partial charge on any atom is 0.255 e. The number of rotatable bonds is 8. The fourth-order valence-electron chi connectivity index (χ4n) is 4.87. The molecule has 2 saturated carbocycles. The Balaban J connectivity index is 1.28. The summed E-state index contributed by atoms with van der Waals surface area (Å²) >= 11 is 0. The molecule has 34 heavy (non-hydrogen) atoms. The first-order valence-corrected chi connectivity index (χ1v) is 12.6. The number of amides is 1. The Morgan fingerprint density at radius 2 is 1.82 bits per heavy atom. The van der Waals surface area contributed by atoms with E-state index in [1.807, 2.05) is 24.3 Å². The molecular weight excluding hydrogens is 424 g/mol. The van der Waals surface area contributed by atoms with Gasteiger partial charge in [-0.3, -0.25) is 9.78 Å². The predicted molar refractivity (Wildman–Crippen MR) is 136 cm³/mol. The first kappa shape index (κ1) is 22.6. The molecule has 0 bridgehead atoms. The zero-order chi connectivity index (χ0) is 23.5. The van der Waals surface area contributed by atoms with Gasteiger partial charge in [0.15, 0.2) is 0 Å². The van der Waals surface area contributed by atoms with Crippen LogP contribution in [0.25, 0.3) is 10.9 Å². The summed E-state index contributed by atoms with van der Waals surface area (Å²) in [5.41, 5.74) is 2.31. The highest BCUT2D eigenvalue weighted by Gasteiger charge is 2.27. The third-order valence-electron chi connectivity index (χ3n) is 7.39. The van der Waals surface area contributed by atoms with Crippen LogP contribution in [0.15, 0.2) is 42.9 Å². The fraction of sp³-hybridized carbons (Fsp3) is 0.481. The number of hydrogen-bond acceptors (Lipinski definition) is 6. The van der Waals surface area contributed by atoms with Crippen LogP contribution in [-0.2, 0) is 0 Å². The molecule has 1 atom stereocenters. The summed E-state index contributed by atoms with van der Waals surface area (Å²) in [5.74, 6) is 2.89. The average Bonchev–Trinajstić information content (AvgIpc) is 3.68. The Kier molecular flexibility index (Phi) is 6.61. The summed E-state index contributed by atoms with van der Waals surface area (Å²) in [6.07, 6.45) is 13.2. The van der Waals surface area contributed by atoms with Gasteiger partial charge in [0.1, 0.15) is 11.6 Å². The zero-order valence-corrected chi connectivity index (χ0v) is 20.1. The molecule has 7 heteroatoms. The van der Waals surface area contributed by atoms with E-state index in [-0.39, 0.29) is 11.9 Å². The predicted octanol–water partition coefficient (Wildman–Crippen LogP) is 5.68. The van der Waals surface area contributed by atoms with Gasteiger partial charge in [-0.2, -0.15) is 0 Å². The smallest absolute Gasteiger partial charge is 0.255 e.